The fraction of sp³-hybridized carbons (Fsp3) is 0.444. The number of rotatable bonds is 6. The maximum atomic E-state index is 11.3. The molecule has 0 aliphatic rings. The van der Waals surface area contributed by atoms with Gasteiger partial charge in [0.05, 0.1) is 0 Å². The van der Waals surface area contributed by atoms with E-state index in [4.69, 9.17) is 11.6 Å². The summed E-state index contributed by atoms with van der Waals surface area (Å²) in [6.07, 6.45) is 2.83. The molecule has 1 N–H and O–H groups in total. The standard InChI is InChI=1S/C9H12ClN7OS/c1-2-19(18)4-3-12-8-14-7(10)15-9(16-8)17-6-11-5-13-17/h5-6H,2-4H2,1H3,(H,12,14,15,16). The van der Waals surface area contributed by atoms with Crippen molar-refractivity contribution in [3.05, 3.63) is 17.9 Å². The molecule has 1 unspecified atom stereocenters. The summed E-state index contributed by atoms with van der Waals surface area (Å²) in [7, 11) is -0.835. The van der Waals surface area contributed by atoms with Gasteiger partial charge in [-0.2, -0.15) is 24.7 Å². The van der Waals surface area contributed by atoms with Crippen molar-refractivity contribution in [3.8, 4) is 5.95 Å². The second kappa shape index (κ2) is 6.53. The van der Waals surface area contributed by atoms with Crippen LogP contribution in [-0.2, 0) is 10.8 Å². The van der Waals surface area contributed by atoms with Crippen LogP contribution >= 0.6 is 11.6 Å². The van der Waals surface area contributed by atoms with E-state index in [0.29, 0.717) is 24.0 Å². The third kappa shape index (κ3) is 3.93. The fourth-order valence-corrected chi connectivity index (χ4v) is 2.03. The van der Waals surface area contributed by atoms with Crippen molar-refractivity contribution in [2.75, 3.05) is 23.4 Å². The van der Waals surface area contributed by atoms with Gasteiger partial charge >= 0.3 is 0 Å². The molecule has 10 heteroatoms. The van der Waals surface area contributed by atoms with E-state index >= 15 is 0 Å². The molecule has 1 atom stereocenters. The predicted molar refractivity (Wildman–Crippen MR) is 71.8 cm³/mol. The summed E-state index contributed by atoms with van der Waals surface area (Å²) in [5.41, 5.74) is 0. The van der Waals surface area contributed by atoms with Crippen LogP contribution in [-0.4, -0.2) is 52.0 Å². The topological polar surface area (TPSA) is 98.5 Å². The molecule has 0 aliphatic carbocycles. The van der Waals surface area contributed by atoms with Crippen molar-refractivity contribution < 1.29 is 4.21 Å². The van der Waals surface area contributed by atoms with Crippen molar-refractivity contribution >= 4 is 28.3 Å². The maximum absolute atomic E-state index is 11.3. The zero-order chi connectivity index (χ0) is 13.7. The Morgan fingerprint density at radius 1 is 1.42 bits per heavy atom. The van der Waals surface area contributed by atoms with Crippen molar-refractivity contribution in [3.63, 3.8) is 0 Å². The number of halogens is 1. The Morgan fingerprint density at radius 3 is 2.95 bits per heavy atom. The summed E-state index contributed by atoms with van der Waals surface area (Å²) in [6, 6.07) is 0. The molecule has 0 spiro atoms. The molecule has 0 amide bonds. The van der Waals surface area contributed by atoms with Crippen LogP contribution < -0.4 is 5.32 Å². The monoisotopic (exact) mass is 301 g/mol. The minimum atomic E-state index is -0.835. The number of nitrogens with zero attached hydrogens (tertiary/aromatic N) is 6. The molecule has 2 aromatic heterocycles. The highest BCUT2D eigenvalue weighted by molar-refractivity contribution is 7.84. The Morgan fingerprint density at radius 2 is 2.26 bits per heavy atom. The number of nitrogens with one attached hydrogen (secondary N) is 1. The lowest BCUT2D eigenvalue weighted by Crippen LogP contribution is -2.15. The first-order valence-corrected chi connectivity index (χ1v) is 7.41. The average Bonchev–Trinajstić information content (AvgIpc) is 2.91. The highest BCUT2D eigenvalue weighted by atomic mass is 35.5. The molecule has 0 radical (unpaired) electrons. The third-order valence-corrected chi connectivity index (χ3v) is 3.63. The fourth-order valence-electron chi connectivity index (χ4n) is 1.25. The van der Waals surface area contributed by atoms with Gasteiger partial charge in [0.15, 0.2) is 0 Å². The van der Waals surface area contributed by atoms with Gasteiger partial charge in [0, 0.05) is 28.9 Å². The Bertz CT molecular complexity index is 562. The molecule has 0 aromatic carbocycles. The van der Waals surface area contributed by atoms with E-state index in [9.17, 15) is 4.21 Å². The van der Waals surface area contributed by atoms with Crippen molar-refractivity contribution in [2.24, 2.45) is 0 Å². The number of hydrogen-bond acceptors (Lipinski definition) is 7. The number of anilines is 1. The van der Waals surface area contributed by atoms with E-state index in [1.807, 2.05) is 6.92 Å². The summed E-state index contributed by atoms with van der Waals surface area (Å²) in [6.45, 7) is 2.37. The van der Waals surface area contributed by atoms with E-state index in [1.165, 1.54) is 17.3 Å². The summed E-state index contributed by atoms with van der Waals surface area (Å²) in [4.78, 5) is 15.8. The summed E-state index contributed by atoms with van der Waals surface area (Å²) >= 11 is 5.81. The number of hydrogen-bond donors (Lipinski definition) is 1. The normalized spacial score (nSPS) is 12.3. The van der Waals surface area contributed by atoms with Crippen LogP contribution in [0, 0.1) is 0 Å². The smallest absolute Gasteiger partial charge is 0.258 e. The van der Waals surface area contributed by atoms with E-state index in [2.05, 4.69) is 30.4 Å². The molecule has 102 valence electrons. The van der Waals surface area contributed by atoms with Crippen LogP contribution in [0.15, 0.2) is 12.7 Å². The zero-order valence-electron chi connectivity index (χ0n) is 10.2. The van der Waals surface area contributed by atoms with Crippen LogP contribution in [0.2, 0.25) is 5.28 Å². The molecule has 0 saturated heterocycles. The molecule has 0 aliphatic heterocycles. The highest BCUT2D eigenvalue weighted by Crippen LogP contribution is 2.08. The molecule has 19 heavy (non-hydrogen) atoms. The van der Waals surface area contributed by atoms with Gasteiger partial charge in [-0.05, 0) is 11.6 Å². The van der Waals surface area contributed by atoms with Gasteiger partial charge in [-0.15, -0.1) is 0 Å². The lowest BCUT2D eigenvalue weighted by Gasteiger charge is -2.05. The van der Waals surface area contributed by atoms with Gasteiger partial charge < -0.3 is 5.32 Å². The number of aromatic nitrogens is 6. The first-order chi connectivity index (χ1) is 9.19. The van der Waals surface area contributed by atoms with Gasteiger partial charge in [-0.3, -0.25) is 4.21 Å². The van der Waals surface area contributed by atoms with E-state index < -0.39 is 10.8 Å². The quantitative estimate of drug-likeness (QED) is 0.818. The highest BCUT2D eigenvalue weighted by Gasteiger charge is 2.07. The van der Waals surface area contributed by atoms with Crippen molar-refractivity contribution in [1.82, 2.24) is 29.7 Å². The second-order valence-corrected chi connectivity index (χ2v) is 5.63. The van der Waals surface area contributed by atoms with E-state index in [0.717, 1.165) is 0 Å². The van der Waals surface area contributed by atoms with E-state index in [1.54, 1.807) is 0 Å². The van der Waals surface area contributed by atoms with Crippen LogP contribution in [0.1, 0.15) is 6.92 Å². The molecule has 0 fully saturated rings. The zero-order valence-corrected chi connectivity index (χ0v) is 11.7. The third-order valence-electron chi connectivity index (χ3n) is 2.15. The van der Waals surface area contributed by atoms with Crippen molar-refractivity contribution in [1.29, 1.82) is 0 Å². The van der Waals surface area contributed by atoms with Gasteiger partial charge in [0.2, 0.25) is 11.2 Å². The van der Waals surface area contributed by atoms with Gasteiger partial charge in [-0.1, -0.05) is 6.92 Å². The summed E-state index contributed by atoms with van der Waals surface area (Å²) in [5.74, 6) is 1.75. The lowest BCUT2D eigenvalue weighted by molar-refractivity contribution is 0.684. The molecule has 2 rings (SSSR count). The molecule has 2 aromatic rings. The molecular formula is C9H12ClN7OS. The Hall–Kier alpha value is -1.61. The molecule has 0 saturated carbocycles. The van der Waals surface area contributed by atoms with Gasteiger partial charge in [0.1, 0.15) is 12.7 Å². The Kier molecular flexibility index (Phi) is 4.74. The van der Waals surface area contributed by atoms with Crippen LogP contribution in [0.25, 0.3) is 5.95 Å². The lowest BCUT2D eigenvalue weighted by atomic mass is 10.7. The second-order valence-electron chi connectivity index (χ2n) is 3.43. The predicted octanol–water partition coefficient (Wildman–Crippen LogP) is 0.286. The van der Waals surface area contributed by atoms with Crippen LogP contribution in [0.3, 0.4) is 0 Å². The summed E-state index contributed by atoms with van der Waals surface area (Å²) in [5, 5.41) is 6.92. The molecule has 0 bridgehead atoms. The van der Waals surface area contributed by atoms with E-state index in [-0.39, 0.29) is 11.2 Å². The minimum Gasteiger partial charge on any atom is -0.353 e. The van der Waals surface area contributed by atoms with Gasteiger partial charge in [-0.25, -0.2) is 4.98 Å². The largest absolute Gasteiger partial charge is 0.353 e. The first kappa shape index (κ1) is 13.8. The molecular weight excluding hydrogens is 290 g/mol. The Balaban J connectivity index is 2.07. The van der Waals surface area contributed by atoms with Crippen LogP contribution in [0.4, 0.5) is 5.95 Å². The molecule has 8 nitrogen and oxygen atoms in total. The summed E-state index contributed by atoms with van der Waals surface area (Å²) < 4.78 is 12.7. The first-order valence-electron chi connectivity index (χ1n) is 5.54. The maximum Gasteiger partial charge on any atom is 0.258 e. The SMILES string of the molecule is CCS(=O)CCNc1nc(Cl)nc(-n2cncn2)n1. The average molecular weight is 302 g/mol. The molecule has 2 heterocycles. The van der Waals surface area contributed by atoms with Gasteiger partial charge in [0.25, 0.3) is 5.95 Å². The minimum absolute atomic E-state index is 0.0552. The Labute approximate surface area is 117 Å². The van der Waals surface area contributed by atoms with Crippen molar-refractivity contribution in [2.45, 2.75) is 6.92 Å². The van der Waals surface area contributed by atoms with Crippen LogP contribution in [0.5, 0.6) is 0 Å².